The maximum absolute atomic E-state index is 4.31. The van der Waals surface area contributed by atoms with Crippen molar-refractivity contribution in [2.45, 2.75) is 39.5 Å². The molecule has 2 rings (SSSR count). The molecule has 0 saturated heterocycles. The van der Waals surface area contributed by atoms with Crippen molar-refractivity contribution >= 4 is 16.7 Å². The molecule has 0 spiro atoms. The molecule has 0 amide bonds. The van der Waals surface area contributed by atoms with Crippen LogP contribution in [0.25, 0.3) is 0 Å². The molecule has 4 heteroatoms. The summed E-state index contributed by atoms with van der Waals surface area (Å²) in [4.78, 5) is 4.31. The van der Waals surface area contributed by atoms with E-state index >= 15 is 0 Å². The van der Waals surface area contributed by atoms with Crippen molar-refractivity contribution in [1.29, 1.82) is 0 Å². The molecule has 0 aliphatic heterocycles. The highest BCUT2D eigenvalue weighted by Gasteiger charge is 2.18. The molecule has 15 heavy (non-hydrogen) atoms. The van der Waals surface area contributed by atoms with Gasteiger partial charge in [-0.2, -0.15) is 4.37 Å². The van der Waals surface area contributed by atoms with Crippen LogP contribution < -0.4 is 5.32 Å². The predicted molar refractivity (Wildman–Crippen MR) is 64.3 cm³/mol. The third-order valence-corrected chi connectivity index (χ3v) is 3.88. The Morgan fingerprint density at radius 2 is 2.33 bits per heavy atom. The lowest BCUT2D eigenvalue weighted by Gasteiger charge is -2.26. The van der Waals surface area contributed by atoms with Gasteiger partial charge in [0.1, 0.15) is 5.82 Å². The van der Waals surface area contributed by atoms with Gasteiger partial charge in [-0.15, -0.1) is 0 Å². The van der Waals surface area contributed by atoms with Crippen LogP contribution in [0.5, 0.6) is 0 Å². The van der Waals surface area contributed by atoms with Gasteiger partial charge in [-0.05, 0) is 31.6 Å². The van der Waals surface area contributed by atoms with Crippen LogP contribution in [0.3, 0.4) is 0 Å². The number of hydrogen-bond acceptors (Lipinski definition) is 4. The summed E-state index contributed by atoms with van der Waals surface area (Å²) in [6.45, 7) is 5.37. The normalized spacial score (nSPS) is 26.5. The first-order valence-corrected chi connectivity index (χ1v) is 6.55. The zero-order valence-corrected chi connectivity index (χ0v) is 10.3. The van der Waals surface area contributed by atoms with E-state index in [0.29, 0.717) is 0 Å². The van der Waals surface area contributed by atoms with Crippen LogP contribution in [0.2, 0.25) is 0 Å². The van der Waals surface area contributed by atoms with Crippen LogP contribution in [0.4, 0.5) is 5.13 Å². The van der Waals surface area contributed by atoms with E-state index in [9.17, 15) is 0 Å². The fourth-order valence-corrected chi connectivity index (χ4v) is 2.93. The Labute approximate surface area is 95.5 Å². The maximum Gasteiger partial charge on any atom is 0.202 e. The number of anilines is 1. The van der Waals surface area contributed by atoms with Crippen molar-refractivity contribution < 1.29 is 0 Å². The predicted octanol–water partition coefficient (Wildman–Crippen LogP) is 3.08. The molecular formula is C11H19N3S. The zero-order chi connectivity index (χ0) is 10.7. The highest BCUT2D eigenvalue weighted by atomic mass is 32.1. The lowest BCUT2D eigenvalue weighted by atomic mass is 9.82. The number of aromatic nitrogens is 2. The highest BCUT2D eigenvalue weighted by molar-refractivity contribution is 7.09. The van der Waals surface area contributed by atoms with Gasteiger partial charge in [0, 0.05) is 18.1 Å². The molecule has 1 saturated carbocycles. The number of aryl methyl sites for hydroxylation is 1. The molecule has 1 N–H and O–H groups in total. The number of hydrogen-bond donors (Lipinski definition) is 1. The molecular weight excluding hydrogens is 206 g/mol. The molecule has 1 fully saturated rings. The van der Waals surface area contributed by atoms with E-state index in [1.165, 1.54) is 37.2 Å². The summed E-state index contributed by atoms with van der Waals surface area (Å²) in [5, 5.41) is 4.38. The van der Waals surface area contributed by atoms with E-state index in [0.717, 1.165) is 29.3 Å². The summed E-state index contributed by atoms with van der Waals surface area (Å²) in [6.07, 6.45) is 5.54. The van der Waals surface area contributed by atoms with Gasteiger partial charge in [-0.3, -0.25) is 0 Å². The second kappa shape index (κ2) is 4.92. The Morgan fingerprint density at radius 1 is 1.47 bits per heavy atom. The SMILES string of the molecule is Cc1nsc(NCC2CCCC(C)C2)n1. The first kappa shape index (κ1) is 10.9. The fourth-order valence-electron chi connectivity index (χ4n) is 2.35. The molecule has 1 heterocycles. The average molecular weight is 225 g/mol. The molecule has 1 aromatic heterocycles. The summed E-state index contributed by atoms with van der Waals surface area (Å²) in [5.74, 6) is 2.61. The van der Waals surface area contributed by atoms with Crippen LogP contribution in [0.15, 0.2) is 0 Å². The van der Waals surface area contributed by atoms with Crippen molar-refractivity contribution in [2.75, 3.05) is 11.9 Å². The van der Waals surface area contributed by atoms with E-state index in [4.69, 9.17) is 0 Å². The van der Waals surface area contributed by atoms with Gasteiger partial charge < -0.3 is 5.32 Å². The molecule has 1 aliphatic carbocycles. The van der Waals surface area contributed by atoms with Crippen LogP contribution in [-0.2, 0) is 0 Å². The van der Waals surface area contributed by atoms with Crippen LogP contribution >= 0.6 is 11.5 Å². The van der Waals surface area contributed by atoms with Crippen molar-refractivity contribution in [3.63, 3.8) is 0 Å². The lowest BCUT2D eigenvalue weighted by molar-refractivity contribution is 0.293. The summed E-state index contributed by atoms with van der Waals surface area (Å²) >= 11 is 1.47. The second-order valence-corrected chi connectivity index (χ2v) is 5.42. The molecule has 0 aromatic carbocycles. The van der Waals surface area contributed by atoms with Crippen molar-refractivity contribution in [1.82, 2.24) is 9.36 Å². The van der Waals surface area contributed by atoms with Gasteiger partial charge in [0.05, 0.1) is 0 Å². The summed E-state index contributed by atoms with van der Waals surface area (Å²) in [5.41, 5.74) is 0. The number of nitrogens with zero attached hydrogens (tertiary/aromatic N) is 2. The van der Waals surface area contributed by atoms with Crippen molar-refractivity contribution in [2.24, 2.45) is 11.8 Å². The molecule has 0 bridgehead atoms. The quantitative estimate of drug-likeness (QED) is 0.859. The minimum atomic E-state index is 0.831. The summed E-state index contributed by atoms with van der Waals surface area (Å²) in [6, 6.07) is 0. The van der Waals surface area contributed by atoms with E-state index < -0.39 is 0 Å². The molecule has 2 unspecified atom stereocenters. The maximum atomic E-state index is 4.31. The Balaban J connectivity index is 1.77. The minimum absolute atomic E-state index is 0.831. The minimum Gasteiger partial charge on any atom is -0.360 e. The molecule has 84 valence electrons. The Kier molecular flexibility index (Phi) is 3.57. The molecule has 3 nitrogen and oxygen atoms in total. The van der Waals surface area contributed by atoms with E-state index in [-0.39, 0.29) is 0 Å². The zero-order valence-electron chi connectivity index (χ0n) is 9.49. The van der Waals surface area contributed by atoms with Crippen molar-refractivity contribution in [3.8, 4) is 0 Å². The number of rotatable bonds is 3. The monoisotopic (exact) mass is 225 g/mol. The first-order valence-electron chi connectivity index (χ1n) is 5.78. The smallest absolute Gasteiger partial charge is 0.202 e. The molecule has 0 radical (unpaired) electrons. The van der Waals surface area contributed by atoms with Crippen LogP contribution in [0, 0.1) is 18.8 Å². The summed E-state index contributed by atoms with van der Waals surface area (Å²) in [7, 11) is 0. The van der Waals surface area contributed by atoms with E-state index in [1.807, 2.05) is 6.92 Å². The van der Waals surface area contributed by atoms with Crippen molar-refractivity contribution in [3.05, 3.63) is 5.82 Å². The third kappa shape index (κ3) is 3.16. The Morgan fingerprint density at radius 3 is 3.00 bits per heavy atom. The standard InChI is InChI=1S/C11H19N3S/c1-8-4-3-5-10(6-8)7-12-11-13-9(2)14-15-11/h8,10H,3-7H2,1-2H3,(H,12,13,14). The van der Waals surface area contributed by atoms with Gasteiger partial charge in [-0.1, -0.05) is 19.8 Å². The van der Waals surface area contributed by atoms with Gasteiger partial charge in [0.15, 0.2) is 0 Å². The Hall–Kier alpha value is -0.640. The average Bonchev–Trinajstić information content (AvgIpc) is 2.62. The molecule has 1 aliphatic rings. The fraction of sp³-hybridized carbons (Fsp3) is 0.818. The first-order chi connectivity index (χ1) is 7.24. The van der Waals surface area contributed by atoms with E-state index in [1.54, 1.807) is 0 Å². The second-order valence-electron chi connectivity index (χ2n) is 4.67. The summed E-state index contributed by atoms with van der Waals surface area (Å²) < 4.78 is 4.16. The topological polar surface area (TPSA) is 37.8 Å². The van der Waals surface area contributed by atoms with Crippen LogP contribution in [0.1, 0.15) is 38.4 Å². The van der Waals surface area contributed by atoms with Crippen LogP contribution in [-0.4, -0.2) is 15.9 Å². The van der Waals surface area contributed by atoms with Gasteiger partial charge >= 0.3 is 0 Å². The Bertz CT molecular complexity index is 311. The van der Waals surface area contributed by atoms with Gasteiger partial charge in [-0.25, -0.2) is 4.98 Å². The number of nitrogens with one attached hydrogen (secondary N) is 1. The highest BCUT2D eigenvalue weighted by Crippen LogP contribution is 2.28. The largest absolute Gasteiger partial charge is 0.360 e. The lowest BCUT2D eigenvalue weighted by Crippen LogP contribution is -2.20. The third-order valence-electron chi connectivity index (χ3n) is 3.11. The van der Waals surface area contributed by atoms with Gasteiger partial charge in [0.25, 0.3) is 0 Å². The van der Waals surface area contributed by atoms with Gasteiger partial charge in [0.2, 0.25) is 5.13 Å². The molecule has 1 aromatic rings. The molecule has 2 atom stereocenters. The van der Waals surface area contributed by atoms with E-state index in [2.05, 4.69) is 21.6 Å².